The number of aromatic nitrogens is 6. The number of methoxy groups -OCH3 is 1. The van der Waals surface area contributed by atoms with E-state index in [0.29, 0.717) is 65.3 Å². The van der Waals surface area contributed by atoms with Crippen LogP contribution in [0.4, 0.5) is 16.7 Å². The lowest BCUT2D eigenvalue weighted by atomic mass is 10.1. The van der Waals surface area contributed by atoms with Crippen LogP contribution in [0, 0.1) is 6.92 Å². The number of piperazine rings is 1. The molecule has 0 atom stereocenters. The Morgan fingerprint density at radius 3 is 1.97 bits per heavy atom. The number of likely N-dealkylation sites (N-methyl/N-ethyl adjacent to an activating group) is 1. The number of hydrogen-bond acceptors (Lipinski definition) is 13. The maximum Gasteiger partial charge on any atom is 0.317 e. The number of fused-ring (bicyclic) bond motifs is 2. The summed E-state index contributed by atoms with van der Waals surface area (Å²) in [6.07, 6.45) is 8.55. The van der Waals surface area contributed by atoms with Crippen LogP contribution < -0.4 is 42.6 Å². The summed E-state index contributed by atoms with van der Waals surface area (Å²) in [6, 6.07) is 7.53. The second kappa shape index (κ2) is 21.8. The molecule has 5 aromatic rings. The van der Waals surface area contributed by atoms with Crippen LogP contribution >= 0.6 is 0 Å². The molecule has 22 nitrogen and oxygen atoms in total. The summed E-state index contributed by atoms with van der Waals surface area (Å²) in [5.74, 6) is -1.68. The fourth-order valence-electron chi connectivity index (χ4n) is 7.34. The zero-order valence-corrected chi connectivity index (χ0v) is 38.5. The van der Waals surface area contributed by atoms with Gasteiger partial charge in [0.15, 0.2) is 0 Å². The van der Waals surface area contributed by atoms with E-state index in [0.717, 1.165) is 13.1 Å². The van der Waals surface area contributed by atoms with Gasteiger partial charge in [-0.05, 0) is 77.2 Å². The number of aryl methyl sites for hydroxylation is 2. The van der Waals surface area contributed by atoms with Crippen molar-refractivity contribution in [3.8, 4) is 11.5 Å². The number of rotatable bonds is 19. The zero-order valence-electron chi connectivity index (χ0n) is 38.5. The molecule has 354 valence electrons. The van der Waals surface area contributed by atoms with Crippen molar-refractivity contribution < 1.29 is 33.4 Å². The molecule has 1 fully saturated rings. The van der Waals surface area contributed by atoms with Crippen molar-refractivity contribution in [3.63, 3.8) is 0 Å². The lowest BCUT2D eigenvalue weighted by molar-refractivity contribution is -0.110. The molecular formula is C45H57N15O7. The maximum atomic E-state index is 13.7. The molecule has 0 radical (unpaired) electrons. The molecule has 6 rings (SSSR count). The van der Waals surface area contributed by atoms with E-state index in [-0.39, 0.29) is 72.5 Å². The van der Waals surface area contributed by atoms with Crippen LogP contribution in [-0.4, -0.2) is 134 Å². The number of allylic oxidation sites excluding steroid dienone is 3. The molecule has 0 bridgehead atoms. The number of imidazole rings is 2. The monoisotopic (exact) mass is 919 g/mol. The largest absolute Gasteiger partial charge is 0.494 e. The number of carbonyl (C=O) groups is 5. The van der Waals surface area contributed by atoms with Gasteiger partial charge in [-0.1, -0.05) is 18.2 Å². The van der Waals surface area contributed by atoms with Crippen molar-refractivity contribution in [3.05, 3.63) is 88.9 Å². The molecule has 22 heteroatoms. The number of primary amides is 2. The molecule has 0 aliphatic carbocycles. The van der Waals surface area contributed by atoms with Crippen LogP contribution in [0.25, 0.3) is 22.1 Å². The number of nitrogens with one attached hydrogen (secondary N) is 3. The molecular weight excluding hydrogens is 863 g/mol. The van der Waals surface area contributed by atoms with E-state index < -0.39 is 23.6 Å². The molecule has 9 N–H and O–H groups in total. The first-order chi connectivity index (χ1) is 32.1. The van der Waals surface area contributed by atoms with E-state index in [9.17, 15) is 24.0 Å². The number of hydrogen-bond donors (Lipinski definition) is 6. The minimum absolute atomic E-state index is 0.0401. The number of ether oxygens (including phenoxy) is 2. The highest BCUT2D eigenvalue weighted by atomic mass is 16.5. The van der Waals surface area contributed by atoms with E-state index >= 15 is 0 Å². The van der Waals surface area contributed by atoms with Gasteiger partial charge in [0.1, 0.15) is 40.5 Å². The molecule has 6 amide bonds. The fourth-order valence-corrected chi connectivity index (χ4v) is 7.34. The Kier molecular flexibility index (Phi) is 15.7. The van der Waals surface area contributed by atoms with Gasteiger partial charge in [-0.2, -0.15) is 5.10 Å². The Morgan fingerprint density at radius 2 is 1.40 bits per heavy atom. The van der Waals surface area contributed by atoms with E-state index in [4.69, 9.17) is 31.7 Å². The van der Waals surface area contributed by atoms with Crippen molar-refractivity contribution in [2.24, 2.45) is 22.2 Å². The molecule has 0 saturated carbocycles. The smallest absolute Gasteiger partial charge is 0.317 e. The Balaban J connectivity index is 1.35. The number of carbonyl (C=O) groups excluding carboxylic acids is 5. The summed E-state index contributed by atoms with van der Waals surface area (Å²) in [5.41, 5.74) is 20.6. The van der Waals surface area contributed by atoms with Crippen molar-refractivity contribution >= 4 is 69.3 Å². The Labute approximate surface area is 386 Å². The van der Waals surface area contributed by atoms with Gasteiger partial charge in [-0.25, -0.2) is 14.8 Å². The predicted octanol–water partition coefficient (Wildman–Crippen LogP) is 2.78. The zero-order chi connectivity index (χ0) is 48.4. The van der Waals surface area contributed by atoms with Crippen LogP contribution in [-0.2, 0) is 24.4 Å². The van der Waals surface area contributed by atoms with Crippen molar-refractivity contribution in [2.45, 2.75) is 47.3 Å². The highest BCUT2D eigenvalue weighted by Crippen LogP contribution is 2.33. The summed E-state index contributed by atoms with van der Waals surface area (Å²) in [6.45, 7) is 11.2. The standard InChI is InChI=1S/C45H57N15O7/c1-7-49-33(21-27(3)46)41(63)53-43-52-32-24-30(40(48)62)26-36(67-20-12-9-13-50-45(65)57-18-16-56(5)17-19-57)38(32)59(43)15-11-10-14-58-37-31(23-29(39(47)61)25-35(37)66-6)51-44(58)54-42(64)34-22-28(4)55-60(34)8-2/h9-12,21-26H,7-8,13-20,46H2,1-6H3,(H2,47,61)(H2,48,62)(H,50,65)(H,51,54,64)(H,52,53,63)/b11-10+,12-9+,27-21-,49-33?. The highest BCUT2D eigenvalue weighted by Gasteiger charge is 2.24. The second-order valence-corrected chi connectivity index (χ2v) is 15.6. The topological polar surface area (TPSA) is 290 Å². The third-order valence-corrected chi connectivity index (χ3v) is 10.6. The SMILES string of the molecule is CCN=C(/C=C(/C)N)C(=O)Nc1nc2cc(C(N)=O)cc(OC/C=C/CNC(=O)N3CCN(C)CC3)c2n1C/C=C/Cn1c(NC(=O)c2cc(C)nn2CC)nc2cc(C(N)=O)cc(OC)c21. The number of anilines is 2. The van der Waals surface area contributed by atoms with Gasteiger partial charge in [-0.3, -0.25) is 39.5 Å². The molecule has 2 aromatic carbocycles. The molecule has 1 aliphatic rings. The molecule has 0 spiro atoms. The third kappa shape index (κ3) is 11.6. The second-order valence-electron chi connectivity index (χ2n) is 15.6. The summed E-state index contributed by atoms with van der Waals surface area (Å²) in [7, 11) is 3.46. The van der Waals surface area contributed by atoms with E-state index in [2.05, 4.69) is 35.9 Å². The van der Waals surface area contributed by atoms with E-state index in [1.165, 1.54) is 37.5 Å². The average Bonchev–Trinajstić information content (AvgIpc) is 3.97. The van der Waals surface area contributed by atoms with Gasteiger partial charge in [0.05, 0.1) is 23.8 Å². The molecule has 0 unspecified atom stereocenters. The van der Waals surface area contributed by atoms with Gasteiger partial charge < -0.3 is 50.9 Å². The van der Waals surface area contributed by atoms with E-state index in [1.807, 2.05) is 14.0 Å². The number of nitrogens with two attached hydrogens (primary N) is 3. The number of aliphatic imine (C=N–C) groups is 1. The molecule has 1 saturated heterocycles. The Bertz CT molecular complexity index is 2800. The minimum Gasteiger partial charge on any atom is -0.494 e. The number of nitrogens with zero attached hydrogens (tertiary/aromatic N) is 9. The number of benzene rings is 2. The van der Waals surface area contributed by atoms with Crippen LogP contribution in [0.2, 0.25) is 0 Å². The van der Waals surface area contributed by atoms with E-state index in [1.54, 1.807) is 69.9 Å². The van der Waals surface area contributed by atoms with Crippen molar-refractivity contribution in [1.82, 2.24) is 44.0 Å². The number of amides is 6. The quantitative estimate of drug-likeness (QED) is 0.0515. The lowest BCUT2D eigenvalue weighted by Gasteiger charge is -2.32. The third-order valence-electron chi connectivity index (χ3n) is 10.6. The molecule has 67 heavy (non-hydrogen) atoms. The average molecular weight is 920 g/mol. The van der Waals surface area contributed by atoms with Crippen LogP contribution in [0.1, 0.15) is 57.7 Å². The first kappa shape index (κ1) is 48.4. The van der Waals surface area contributed by atoms with Gasteiger partial charge in [0.2, 0.25) is 23.7 Å². The molecule has 3 aromatic heterocycles. The highest BCUT2D eigenvalue weighted by molar-refractivity contribution is 6.47. The van der Waals surface area contributed by atoms with Gasteiger partial charge in [0.25, 0.3) is 11.8 Å². The summed E-state index contributed by atoms with van der Waals surface area (Å²) >= 11 is 0. The lowest BCUT2D eigenvalue weighted by Crippen LogP contribution is -2.50. The minimum atomic E-state index is -0.724. The normalized spacial score (nSPS) is 13.8. The first-order valence-electron chi connectivity index (χ1n) is 21.6. The Hall–Kier alpha value is -8.01. The predicted molar refractivity (Wildman–Crippen MR) is 254 cm³/mol. The van der Waals surface area contributed by atoms with Crippen LogP contribution in [0.5, 0.6) is 11.5 Å². The van der Waals surface area contributed by atoms with Crippen LogP contribution in [0.15, 0.2) is 71.4 Å². The number of urea groups is 1. The van der Waals surface area contributed by atoms with Gasteiger partial charge >= 0.3 is 6.03 Å². The van der Waals surface area contributed by atoms with Gasteiger partial charge in [-0.15, -0.1) is 0 Å². The first-order valence-corrected chi connectivity index (χ1v) is 21.6. The molecule has 1 aliphatic heterocycles. The summed E-state index contributed by atoms with van der Waals surface area (Å²) < 4.78 is 16.9. The van der Waals surface area contributed by atoms with Gasteiger partial charge in [0, 0.05) is 75.7 Å². The van der Waals surface area contributed by atoms with Crippen LogP contribution in [0.3, 0.4) is 0 Å². The van der Waals surface area contributed by atoms with Crippen molar-refractivity contribution in [2.75, 3.05) is 70.7 Å². The molecule has 4 heterocycles. The fraction of sp³-hybridized carbons (Fsp3) is 0.356. The Morgan fingerprint density at radius 1 is 0.806 bits per heavy atom. The maximum absolute atomic E-state index is 13.7. The summed E-state index contributed by atoms with van der Waals surface area (Å²) in [5, 5.41) is 13.0. The summed E-state index contributed by atoms with van der Waals surface area (Å²) in [4.78, 5) is 82.6. The van der Waals surface area contributed by atoms with Crippen molar-refractivity contribution in [1.29, 1.82) is 0 Å².